The first-order valence-electron chi connectivity index (χ1n) is 6.97. The lowest BCUT2D eigenvalue weighted by Crippen LogP contribution is -2.24. The highest BCUT2D eigenvalue weighted by molar-refractivity contribution is 9.10. The highest BCUT2D eigenvalue weighted by Crippen LogP contribution is 2.21. The zero-order chi connectivity index (χ0) is 16.8. The molecule has 2 rings (SSSR count). The molecule has 23 heavy (non-hydrogen) atoms. The molecule has 5 nitrogen and oxygen atoms in total. The number of halogens is 1. The van der Waals surface area contributed by atoms with Gasteiger partial charge in [0.15, 0.2) is 6.61 Å². The second-order valence-corrected chi connectivity index (χ2v) is 5.90. The largest absolute Gasteiger partial charge is 0.507 e. The molecule has 0 aliphatic heterocycles. The number of nitrogens with one attached hydrogen (secondary N) is 1. The van der Waals surface area contributed by atoms with Crippen molar-refractivity contribution in [2.75, 3.05) is 6.61 Å². The van der Waals surface area contributed by atoms with E-state index in [2.05, 4.69) is 26.5 Å². The lowest BCUT2D eigenvalue weighted by molar-refractivity contribution is -0.123. The van der Waals surface area contributed by atoms with Crippen LogP contribution in [0.5, 0.6) is 11.5 Å². The molecule has 0 aliphatic rings. The summed E-state index contributed by atoms with van der Waals surface area (Å²) in [4.78, 5) is 11.7. The highest BCUT2D eigenvalue weighted by Gasteiger charge is 2.05. The topological polar surface area (TPSA) is 70.9 Å². The van der Waals surface area contributed by atoms with Gasteiger partial charge in [0.2, 0.25) is 0 Å². The number of hydrogen-bond acceptors (Lipinski definition) is 4. The van der Waals surface area contributed by atoms with E-state index in [4.69, 9.17) is 4.74 Å². The quantitative estimate of drug-likeness (QED) is 0.621. The fourth-order valence-corrected chi connectivity index (χ4v) is 2.24. The Hall–Kier alpha value is -2.34. The summed E-state index contributed by atoms with van der Waals surface area (Å²) < 4.78 is 6.29. The van der Waals surface area contributed by atoms with Crippen LogP contribution in [0.15, 0.2) is 46.0 Å². The smallest absolute Gasteiger partial charge is 0.277 e. The van der Waals surface area contributed by atoms with E-state index in [1.807, 2.05) is 32.0 Å². The number of nitrogens with zero attached hydrogens (tertiary/aromatic N) is 1. The van der Waals surface area contributed by atoms with Crippen molar-refractivity contribution in [3.05, 3.63) is 57.6 Å². The second kappa shape index (κ2) is 7.78. The maximum atomic E-state index is 11.7. The number of ether oxygens (including phenoxy) is 1. The van der Waals surface area contributed by atoms with E-state index < -0.39 is 0 Å². The van der Waals surface area contributed by atoms with Crippen LogP contribution < -0.4 is 10.2 Å². The molecule has 0 aromatic heterocycles. The molecule has 2 N–H and O–H groups in total. The summed E-state index contributed by atoms with van der Waals surface area (Å²) in [5.41, 5.74) is 4.96. The molecule has 0 radical (unpaired) electrons. The molecule has 0 spiro atoms. The van der Waals surface area contributed by atoms with Crippen molar-refractivity contribution in [2.45, 2.75) is 13.8 Å². The van der Waals surface area contributed by atoms with Crippen LogP contribution in [-0.2, 0) is 4.79 Å². The van der Waals surface area contributed by atoms with Crippen molar-refractivity contribution in [3.63, 3.8) is 0 Å². The van der Waals surface area contributed by atoms with Crippen LogP contribution in [0.3, 0.4) is 0 Å². The third kappa shape index (κ3) is 4.82. The maximum Gasteiger partial charge on any atom is 0.277 e. The highest BCUT2D eigenvalue weighted by atomic mass is 79.9. The van der Waals surface area contributed by atoms with Gasteiger partial charge in [-0.2, -0.15) is 5.10 Å². The molecule has 0 bridgehead atoms. The van der Waals surface area contributed by atoms with Gasteiger partial charge in [0.05, 0.1) is 6.21 Å². The van der Waals surface area contributed by atoms with Crippen LogP contribution in [0, 0.1) is 13.8 Å². The number of aryl methyl sites for hydroxylation is 1. The zero-order valence-corrected chi connectivity index (χ0v) is 14.4. The van der Waals surface area contributed by atoms with Gasteiger partial charge in [0, 0.05) is 10.0 Å². The normalized spacial score (nSPS) is 10.7. The van der Waals surface area contributed by atoms with Gasteiger partial charge < -0.3 is 9.84 Å². The fourth-order valence-electron chi connectivity index (χ4n) is 1.86. The van der Waals surface area contributed by atoms with Gasteiger partial charge in [-0.25, -0.2) is 5.43 Å². The standard InChI is InChI=1S/C17H17BrN2O3/c1-11-4-3-5-16(12(11)2)23-10-17(22)20-19-9-13-8-14(18)6-7-15(13)21/h3-9,21H,10H2,1-2H3,(H,20,22). The molecule has 6 heteroatoms. The molecule has 120 valence electrons. The van der Waals surface area contributed by atoms with Gasteiger partial charge in [-0.3, -0.25) is 4.79 Å². The minimum atomic E-state index is -0.378. The minimum absolute atomic E-state index is 0.0813. The number of phenolic OH excluding ortho intramolecular Hbond substituents is 1. The van der Waals surface area contributed by atoms with Gasteiger partial charge in [-0.1, -0.05) is 28.1 Å². The Morgan fingerprint density at radius 1 is 1.35 bits per heavy atom. The molecule has 2 aromatic carbocycles. The molecule has 0 aliphatic carbocycles. The second-order valence-electron chi connectivity index (χ2n) is 4.98. The van der Waals surface area contributed by atoms with E-state index in [0.29, 0.717) is 11.3 Å². The summed E-state index contributed by atoms with van der Waals surface area (Å²) in [7, 11) is 0. The van der Waals surface area contributed by atoms with Crippen molar-refractivity contribution in [3.8, 4) is 11.5 Å². The van der Waals surface area contributed by atoms with E-state index in [9.17, 15) is 9.90 Å². The van der Waals surface area contributed by atoms with Crippen LogP contribution in [0.4, 0.5) is 0 Å². The summed E-state index contributed by atoms with van der Waals surface area (Å²) >= 11 is 3.30. The predicted octanol–water partition coefficient (Wildman–Crippen LogP) is 3.30. The summed E-state index contributed by atoms with van der Waals surface area (Å²) in [6, 6.07) is 10.6. The molecule has 0 unspecified atom stereocenters. The van der Waals surface area contributed by atoms with Gasteiger partial charge in [0.25, 0.3) is 5.91 Å². The zero-order valence-electron chi connectivity index (χ0n) is 12.8. The van der Waals surface area contributed by atoms with Gasteiger partial charge in [-0.05, 0) is 49.2 Å². The maximum absolute atomic E-state index is 11.7. The molecular weight excluding hydrogens is 360 g/mol. The number of carbonyl (C=O) groups is 1. The summed E-state index contributed by atoms with van der Waals surface area (Å²) in [6.07, 6.45) is 1.37. The van der Waals surface area contributed by atoms with E-state index in [-0.39, 0.29) is 18.3 Å². The van der Waals surface area contributed by atoms with Crippen molar-refractivity contribution >= 4 is 28.1 Å². The van der Waals surface area contributed by atoms with Gasteiger partial charge >= 0.3 is 0 Å². The third-order valence-electron chi connectivity index (χ3n) is 3.30. The Bertz CT molecular complexity index is 745. The third-order valence-corrected chi connectivity index (χ3v) is 3.79. The number of carbonyl (C=O) groups excluding carboxylic acids is 1. The van der Waals surface area contributed by atoms with E-state index >= 15 is 0 Å². The first-order valence-corrected chi connectivity index (χ1v) is 7.76. The number of phenols is 1. The number of amides is 1. The number of benzene rings is 2. The predicted molar refractivity (Wildman–Crippen MR) is 93.0 cm³/mol. The number of aromatic hydroxyl groups is 1. The van der Waals surface area contributed by atoms with Gasteiger partial charge in [0.1, 0.15) is 11.5 Å². The Labute approximate surface area is 143 Å². The molecule has 0 saturated carbocycles. The Morgan fingerprint density at radius 2 is 2.13 bits per heavy atom. The molecular formula is C17H17BrN2O3. The fraction of sp³-hybridized carbons (Fsp3) is 0.176. The average Bonchev–Trinajstić information content (AvgIpc) is 2.52. The van der Waals surface area contributed by atoms with E-state index in [1.165, 1.54) is 12.3 Å². The Balaban J connectivity index is 1.89. The lowest BCUT2D eigenvalue weighted by atomic mass is 10.1. The first-order chi connectivity index (χ1) is 11.0. The summed E-state index contributed by atoms with van der Waals surface area (Å²) in [5.74, 6) is 0.378. The summed E-state index contributed by atoms with van der Waals surface area (Å²) in [6.45, 7) is 3.79. The average molecular weight is 377 g/mol. The lowest BCUT2D eigenvalue weighted by Gasteiger charge is -2.09. The van der Waals surface area contributed by atoms with Crippen molar-refractivity contribution in [1.82, 2.24) is 5.43 Å². The van der Waals surface area contributed by atoms with Crippen molar-refractivity contribution in [2.24, 2.45) is 5.10 Å². The Kier molecular flexibility index (Phi) is 5.76. The number of rotatable bonds is 5. The molecule has 1 amide bonds. The number of hydrazone groups is 1. The molecule has 0 heterocycles. The van der Waals surface area contributed by atoms with Crippen LogP contribution in [0.1, 0.15) is 16.7 Å². The minimum Gasteiger partial charge on any atom is -0.507 e. The van der Waals surface area contributed by atoms with Crippen molar-refractivity contribution < 1.29 is 14.6 Å². The summed E-state index contributed by atoms with van der Waals surface area (Å²) in [5, 5.41) is 13.5. The van der Waals surface area contributed by atoms with Crippen LogP contribution >= 0.6 is 15.9 Å². The molecule has 0 fully saturated rings. The SMILES string of the molecule is Cc1cccc(OCC(=O)NN=Cc2cc(Br)ccc2O)c1C. The van der Waals surface area contributed by atoms with Crippen LogP contribution in [-0.4, -0.2) is 23.8 Å². The molecule has 0 atom stereocenters. The van der Waals surface area contributed by atoms with Crippen LogP contribution in [0.25, 0.3) is 0 Å². The monoisotopic (exact) mass is 376 g/mol. The van der Waals surface area contributed by atoms with E-state index in [1.54, 1.807) is 12.1 Å². The van der Waals surface area contributed by atoms with Crippen molar-refractivity contribution in [1.29, 1.82) is 0 Å². The van der Waals surface area contributed by atoms with Crippen LogP contribution in [0.2, 0.25) is 0 Å². The first kappa shape index (κ1) is 17.0. The Morgan fingerprint density at radius 3 is 2.91 bits per heavy atom. The molecule has 0 saturated heterocycles. The van der Waals surface area contributed by atoms with E-state index in [0.717, 1.165) is 15.6 Å². The van der Waals surface area contributed by atoms with Gasteiger partial charge in [-0.15, -0.1) is 0 Å². The molecule has 2 aromatic rings. The number of hydrogen-bond donors (Lipinski definition) is 2.